The Morgan fingerprint density at radius 1 is 1.17 bits per heavy atom. The summed E-state index contributed by atoms with van der Waals surface area (Å²) in [5.41, 5.74) is 3.68. The summed E-state index contributed by atoms with van der Waals surface area (Å²) in [6.45, 7) is 1.42. The van der Waals surface area contributed by atoms with Gasteiger partial charge in [0.25, 0.3) is 5.56 Å². The van der Waals surface area contributed by atoms with Crippen LogP contribution < -0.4 is 10.5 Å². The lowest BCUT2D eigenvalue weighted by molar-refractivity contribution is 0.690. The molecule has 0 unspecified atom stereocenters. The van der Waals surface area contributed by atoms with E-state index < -0.39 is 0 Å². The van der Waals surface area contributed by atoms with E-state index in [0.717, 1.165) is 24.2 Å². The van der Waals surface area contributed by atoms with Crippen molar-refractivity contribution in [2.45, 2.75) is 13.0 Å². The van der Waals surface area contributed by atoms with Crippen molar-refractivity contribution in [3.63, 3.8) is 0 Å². The van der Waals surface area contributed by atoms with Gasteiger partial charge in [-0.3, -0.25) is 4.79 Å². The summed E-state index contributed by atoms with van der Waals surface area (Å²) in [5, 5.41) is 10.9. The second-order valence-electron chi connectivity index (χ2n) is 5.43. The molecular formula is C16H14ClN5O. The maximum atomic E-state index is 11.6. The number of para-hydroxylation sites is 1. The van der Waals surface area contributed by atoms with Crippen LogP contribution in [0.2, 0.25) is 5.02 Å². The van der Waals surface area contributed by atoms with Gasteiger partial charge in [-0.2, -0.15) is 10.2 Å². The van der Waals surface area contributed by atoms with E-state index in [2.05, 4.69) is 20.2 Å². The zero-order valence-corrected chi connectivity index (χ0v) is 13.0. The van der Waals surface area contributed by atoms with E-state index in [0.29, 0.717) is 12.2 Å². The van der Waals surface area contributed by atoms with Gasteiger partial charge in [-0.15, -0.1) is 0 Å². The van der Waals surface area contributed by atoms with Gasteiger partial charge < -0.3 is 4.90 Å². The highest BCUT2D eigenvalue weighted by Gasteiger charge is 2.23. The van der Waals surface area contributed by atoms with Gasteiger partial charge in [0.15, 0.2) is 0 Å². The molecule has 0 radical (unpaired) electrons. The topological polar surface area (TPSA) is 66.8 Å². The summed E-state index contributed by atoms with van der Waals surface area (Å²) in [4.78, 5) is 13.7. The third-order valence-corrected chi connectivity index (χ3v) is 4.42. The first-order chi connectivity index (χ1) is 11.2. The van der Waals surface area contributed by atoms with Crippen molar-refractivity contribution in [1.82, 2.24) is 20.0 Å². The maximum absolute atomic E-state index is 11.6. The number of nitrogens with zero attached hydrogens (tertiary/aromatic N) is 4. The maximum Gasteiger partial charge on any atom is 0.285 e. The second-order valence-corrected chi connectivity index (χ2v) is 5.81. The van der Waals surface area contributed by atoms with Crippen LogP contribution in [0.4, 0.5) is 5.69 Å². The molecule has 0 aliphatic carbocycles. The van der Waals surface area contributed by atoms with Crippen LogP contribution in [-0.2, 0) is 13.0 Å². The molecule has 0 spiro atoms. The molecule has 1 aliphatic rings. The van der Waals surface area contributed by atoms with Crippen molar-refractivity contribution in [3.8, 4) is 5.69 Å². The first kappa shape index (κ1) is 14.0. The van der Waals surface area contributed by atoms with Crippen molar-refractivity contribution in [2.24, 2.45) is 0 Å². The van der Waals surface area contributed by atoms with Gasteiger partial charge in [-0.1, -0.05) is 29.8 Å². The SMILES string of the molecule is O=c1[nH]ncc(N2CCc3c(cnn3-c3ccccc3)C2)c1Cl. The summed E-state index contributed by atoms with van der Waals surface area (Å²) in [6.07, 6.45) is 4.30. The van der Waals surface area contributed by atoms with Crippen molar-refractivity contribution >= 4 is 17.3 Å². The summed E-state index contributed by atoms with van der Waals surface area (Å²) in [5.74, 6) is 0. The predicted molar refractivity (Wildman–Crippen MR) is 88.2 cm³/mol. The number of anilines is 1. The molecule has 1 N–H and O–H groups in total. The average Bonchev–Trinajstić information content (AvgIpc) is 3.01. The minimum absolute atomic E-state index is 0.180. The van der Waals surface area contributed by atoms with Crippen LogP contribution in [0.1, 0.15) is 11.3 Å². The van der Waals surface area contributed by atoms with Crippen LogP contribution >= 0.6 is 11.6 Å². The Bertz CT molecular complexity index is 902. The number of hydrogen-bond donors (Lipinski definition) is 1. The van der Waals surface area contributed by atoms with E-state index in [1.54, 1.807) is 6.20 Å². The lowest BCUT2D eigenvalue weighted by atomic mass is 10.1. The van der Waals surface area contributed by atoms with Crippen LogP contribution in [0, 0.1) is 0 Å². The largest absolute Gasteiger partial charge is 0.364 e. The number of aromatic nitrogens is 4. The fraction of sp³-hybridized carbons (Fsp3) is 0.188. The first-order valence-corrected chi connectivity index (χ1v) is 7.71. The van der Waals surface area contributed by atoms with Gasteiger partial charge >= 0.3 is 0 Å². The minimum atomic E-state index is -0.366. The van der Waals surface area contributed by atoms with Crippen molar-refractivity contribution in [3.05, 3.63) is 69.4 Å². The fourth-order valence-electron chi connectivity index (χ4n) is 2.92. The number of benzene rings is 1. The number of rotatable bonds is 2. The standard InChI is InChI=1S/C16H14ClN5O/c17-15-14(9-18-20-16(15)23)21-7-6-13-11(10-21)8-19-22(13)12-4-2-1-3-5-12/h1-5,8-9H,6-7,10H2,(H,20,23). The van der Waals surface area contributed by atoms with E-state index in [9.17, 15) is 4.79 Å². The average molecular weight is 328 g/mol. The molecule has 1 aromatic carbocycles. The van der Waals surface area contributed by atoms with Crippen molar-refractivity contribution in [1.29, 1.82) is 0 Å². The molecule has 0 saturated heterocycles. The van der Waals surface area contributed by atoms with Crippen molar-refractivity contribution < 1.29 is 0 Å². The lowest BCUT2D eigenvalue weighted by Crippen LogP contribution is -2.32. The molecule has 3 heterocycles. The Morgan fingerprint density at radius 3 is 2.83 bits per heavy atom. The highest BCUT2D eigenvalue weighted by atomic mass is 35.5. The molecule has 3 aromatic rings. The molecule has 0 saturated carbocycles. The Kier molecular flexibility index (Phi) is 3.38. The zero-order chi connectivity index (χ0) is 15.8. The van der Waals surface area contributed by atoms with E-state index in [1.165, 1.54) is 5.69 Å². The van der Waals surface area contributed by atoms with Crippen LogP contribution in [0.15, 0.2) is 47.5 Å². The number of nitrogens with one attached hydrogen (secondary N) is 1. The first-order valence-electron chi connectivity index (χ1n) is 7.33. The van der Waals surface area contributed by atoms with Gasteiger partial charge in [0, 0.05) is 25.1 Å². The van der Waals surface area contributed by atoms with E-state index in [4.69, 9.17) is 11.6 Å². The highest BCUT2D eigenvalue weighted by molar-refractivity contribution is 6.32. The van der Waals surface area contributed by atoms with Gasteiger partial charge in [-0.25, -0.2) is 9.78 Å². The summed E-state index contributed by atoms with van der Waals surface area (Å²) >= 11 is 6.11. The summed E-state index contributed by atoms with van der Waals surface area (Å²) < 4.78 is 1.98. The highest BCUT2D eigenvalue weighted by Crippen LogP contribution is 2.28. The van der Waals surface area contributed by atoms with E-state index >= 15 is 0 Å². The molecule has 1 aliphatic heterocycles. The van der Waals surface area contributed by atoms with E-state index in [1.807, 2.05) is 41.2 Å². The van der Waals surface area contributed by atoms with Gasteiger partial charge in [0.1, 0.15) is 5.02 Å². The Labute approximate surface area is 137 Å². The normalized spacial score (nSPS) is 13.9. The third-order valence-electron chi connectivity index (χ3n) is 4.05. The molecule has 7 heteroatoms. The molecule has 6 nitrogen and oxygen atoms in total. The van der Waals surface area contributed by atoms with Gasteiger partial charge in [0.2, 0.25) is 0 Å². The van der Waals surface area contributed by atoms with Crippen LogP contribution in [-0.4, -0.2) is 26.5 Å². The Hall–Kier alpha value is -2.60. The second kappa shape index (κ2) is 5.55. The quantitative estimate of drug-likeness (QED) is 0.783. The number of halogens is 1. The number of H-pyrrole nitrogens is 1. The fourth-order valence-corrected chi connectivity index (χ4v) is 3.13. The molecule has 0 bridgehead atoms. The third kappa shape index (κ3) is 2.41. The molecule has 0 amide bonds. The molecule has 0 fully saturated rings. The van der Waals surface area contributed by atoms with E-state index in [-0.39, 0.29) is 10.6 Å². The van der Waals surface area contributed by atoms with Crippen LogP contribution in [0.3, 0.4) is 0 Å². The predicted octanol–water partition coefficient (Wildman–Crippen LogP) is 2.17. The monoisotopic (exact) mass is 327 g/mol. The van der Waals surface area contributed by atoms with Crippen LogP contribution in [0.5, 0.6) is 0 Å². The Balaban J connectivity index is 1.68. The smallest absolute Gasteiger partial charge is 0.285 e. The molecular weight excluding hydrogens is 314 g/mol. The molecule has 23 heavy (non-hydrogen) atoms. The van der Waals surface area contributed by atoms with Gasteiger partial charge in [-0.05, 0) is 12.1 Å². The minimum Gasteiger partial charge on any atom is -0.364 e. The number of hydrogen-bond acceptors (Lipinski definition) is 4. The number of aromatic amines is 1. The van der Waals surface area contributed by atoms with Gasteiger partial charge in [0.05, 0.1) is 29.5 Å². The summed E-state index contributed by atoms with van der Waals surface area (Å²) in [6, 6.07) is 10.1. The summed E-state index contributed by atoms with van der Waals surface area (Å²) in [7, 11) is 0. The molecule has 0 atom stereocenters. The number of fused-ring (bicyclic) bond motifs is 1. The van der Waals surface area contributed by atoms with Crippen LogP contribution in [0.25, 0.3) is 5.69 Å². The molecule has 116 valence electrons. The lowest BCUT2D eigenvalue weighted by Gasteiger charge is -2.29. The molecule has 4 rings (SSSR count). The molecule has 2 aromatic heterocycles. The Morgan fingerprint density at radius 2 is 2.00 bits per heavy atom. The zero-order valence-electron chi connectivity index (χ0n) is 12.2. The van der Waals surface area contributed by atoms with Crippen molar-refractivity contribution in [2.75, 3.05) is 11.4 Å².